The predicted molar refractivity (Wildman–Crippen MR) is 76.3 cm³/mol. The first kappa shape index (κ1) is 11.2. The number of nitrogen functional groups attached to an aromatic ring is 1. The van der Waals surface area contributed by atoms with Gasteiger partial charge in [-0.2, -0.15) is 5.26 Å². The Kier molecular flexibility index (Phi) is 2.62. The molecule has 3 rings (SSSR count). The van der Waals surface area contributed by atoms with E-state index in [2.05, 4.69) is 11.1 Å². The summed E-state index contributed by atoms with van der Waals surface area (Å²) in [6.07, 6.45) is 0. The van der Waals surface area contributed by atoms with Gasteiger partial charge in [-0.3, -0.25) is 0 Å². The minimum absolute atomic E-state index is 0.406. The highest BCUT2D eigenvalue weighted by molar-refractivity contribution is 6.01. The average molecular weight is 245 g/mol. The zero-order valence-corrected chi connectivity index (χ0v) is 10.2. The lowest BCUT2D eigenvalue weighted by molar-refractivity contribution is 1.30. The summed E-state index contributed by atoms with van der Waals surface area (Å²) in [5, 5.41) is 10.9. The minimum atomic E-state index is 0.406. The minimum Gasteiger partial charge on any atom is -0.396 e. The third-order valence-corrected chi connectivity index (χ3v) is 3.10. The molecule has 2 aromatic carbocycles. The molecule has 0 fully saturated rings. The summed E-state index contributed by atoms with van der Waals surface area (Å²) in [5.74, 6) is 0. The van der Waals surface area contributed by atoms with Crippen molar-refractivity contribution in [3.63, 3.8) is 0 Å². The van der Waals surface area contributed by atoms with Crippen molar-refractivity contribution in [2.75, 3.05) is 5.73 Å². The summed E-state index contributed by atoms with van der Waals surface area (Å²) in [6, 6.07) is 19.4. The van der Waals surface area contributed by atoms with Crippen LogP contribution in [0.5, 0.6) is 0 Å². The molecule has 90 valence electrons. The molecule has 0 spiro atoms. The predicted octanol–water partition coefficient (Wildman–Crippen LogP) is 3.36. The number of hydrogen-bond donors (Lipinski definition) is 1. The fourth-order valence-corrected chi connectivity index (χ4v) is 2.19. The van der Waals surface area contributed by atoms with Crippen molar-refractivity contribution >= 4 is 16.5 Å². The first-order valence-electron chi connectivity index (χ1n) is 5.95. The number of nitrogens with two attached hydrogens (primary N) is 1. The lowest BCUT2D eigenvalue weighted by Gasteiger charge is -2.09. The van der Waals surface area contributed by atoms with Crippen molar-refractivity contribution in [2.45, 2.75) is 0 Å². The van der Waals surface area contributed by atoms with E-state index in [1.807, 2.05) is 54.6 Å². The van der Waals surface area contributed by atoms with E-state index in [0.29, 0.717) is 17.1 Å². The molecule has 0 saturated heterocycles. The maximum absolute atomic E-state index is 9.24. The monoisotopic (exact) mass is 245 g/mol. The van der Waals surface area contributed by atoms with Gasteiger partial charge in [0, 0.05) is 16.3 Å². The number of nitrogens with zero attached hydrogens (tertiary/aromatic N) is 2. The molecule has 1 heterocycles. The zero-order chi connectivity index (χ0) is 13.2. The Morgan fingerprint density at radius 1 is 0.895 bits per heavy atom. The molecule has 3 heteroatoms. The summed E-state index contributed by atoms with van der Waals surface area (Å²) in [4.78, 5) is 4.40. The van der Waals surface area contributed by atoms with E-state index >= 15 is 0 Å². The smallest absolute Gasteiger partial charge is 0.149 e. The van der Waals surface area contributed by atoms with E-state index < -0.39 is 0 Å². The maximum atomic E-state index is 9.24. The van der Waals surface area contributed by atoms with Gasteiger partial charge in [0.2, 0.25) is 0 Å². The fourth-order valence-electron chi connectivity index (χ4n) is 2.19. The van der Waals surface area contributed by atoms with Crippen LogP contribution >= 0.6 is 0 Å². The van der Waals surface area contributed by atoms with Gasteiger partial charge in [-0.25, -0.2) is 4.98 Å². The van der Waals surface area contributed by atoms with Crippen molar-refractivity contribution < 1.29 is 0 Å². The van der Waals surface area contributed by atoms with Crippen molar-refractivity contribution in [1.29, 1.82) is 5.26 Å². The Hall–Kier alpha value is -2.86. The van der Waals surface area contributed by atoms with E-state index in [9.17, 15) is 5.26 Å². The molecule has 0 bridgehead atoms. The van der Waals surface area contributed by atoms with E-state index in [1.54, 1.807) is 0 Å². The molecule has 3 nitrogen and oxygen atoms in total. The molecule has 0 aliphatic heterocycles. The van der Waals surface area contributed by atoms with E-state index in [0.717, 1.165) is 16.3 Å². The van der Waals surface area contributed by atoms with Crippen molar-refractivity contribution in [3.8, 4) is 17.3 Å². The van der Waals surface area contributed by atoms with Crippen molar-refractivity contribution in [2.24, 2.45) is 0 Å². The largest absolute Gasteiger partial charge is 0.396 e. The second-order valence-corrected chi connectivity index (χ2v) is 4.25. The van der Waals surface area contributed by atoms with Crippen LogP contribution in [0.15, 0.2) is 54.6 Å². The quantitative estimate of drug-likeness (QED) is 0.715. The number of anilines is 1. The second-order valence-electron chi connectivity index (χ2n) is 4.25. The van der Waals surface area contributed by atoms with Gasteiger partial charge in [-0.15, -0.1) is 0 Å². The van der Waals surface area contributed by atoms with E-state index in [4.69, 9.17) is 5.73 Å². The first-order valence-corrected chi connectivity index (χ1v) is 5.95. The first-order chi connectivity index (χ1) is 9.31. The van der Waals surface area contributed by atoms with E-state index in [1.165, 1.54) is 0 Å². The average Bonchev–Trinajstić information content (AvgIpc) is 2.49. The molecule has 2 N–H and O–H groups in total. The Labute approximate surface area is 110 Å². The standard InChI is InChI=1S/C16H11N3/c17-10-14-12-8-4-5-9-13(12)15(18)16(19-14)11-6-2-1-3-7-11/h1-9H,18H2. The molecule has 19 heavy (non-hydrogen) atoms. The maximum Gasteiger partial charge on any atom is 0.149 e. The Bertz CT molecular complexity index is 786. The van der Waals surface area contributed by atoms with Crippen LogP contribution in [-0.4, -0.2) is 4.98 Å². The number of pyridine rings is 1. The van der Waals surface area contributed by atoms with Crippen molar-refractivity contribution in [3.05, 3.63) is 60.3 Å². The molecule has 0 aliphatic rings. The molecular formula is C16H11N3. The van der Waals surface area contributed by atoms with Gasteiger partial charge in [0.15, 0.2) is 0 Å². The summed E-state index contributed by atoms with van der Waals surface area (Å²) in [5.41, 5.74) is 8.80. The van der Waals surface area contributed by atoms with Gasteiger partial charge in [0.25, 0.3) is 0 Å². The Morgan fingerprint density at radius 2 is 1.53 bits per heavy atom. The van der Waals surface area contributed by atoms with Crippen LogP contribution in [0.2, 0.25) is 0 Å². The zero-order valence-electron chi connectivity index (χ0n) is 10.2. The van der Waals surface area contributed by atoms with Gasteiger partial charge in [0.1, 0.15) is 11.8 Å². The van der Waals surface area contributed by atoms with Crippen molar-refractivity contribution in [1.82, 2.24) is 4.98 Å². The molecule has 3 aromatic rings. The molecule has 0 aliphatic carbocycles. The summed E-state index contributed by atoms with van der Waals surface area (Å²) in [6.45, 7) is 0. The van der Waals surface area contributed by atoms with Crippen LogP contribution in [0, 0.1) is 11.3 Å². The molecule has 0 amide bonds. The van der Waals surface area contributed by atoms with E-state index in [-0.39, 0.29) is 0 Å². The van der Waals surface area contributed by atoms with Crippen LogP contribution < -0.4 is 5.73 Å². The Morgan fingerprint density at radius 3 is 2.21 bits per heavy atom. The summed E-state index contributed by atoms with van der Waals surface area (Å²) in [7, 11) is 0. The van der Waals surface area contributed by atoms with Crippen LogP contribution in [0.3, 0.4) is 0 Å². The number of nitriles is 1. The number of benzene rings is 2. The van der Waals surface area contributed by atoms with Crippen LogP contribution in [0.4, 0.5) is 5.69 Å². The summed E-state index contributed by atoms with van der Waals surface area (Å²) >= 11 is 0. The number of hydrogen-bond acceptors (Lipinski definition) is 3. The van der Waals surface area contributed by atoms with Crippen LogP contribution in [0.1, 0.15) is 5.69 Å². The highest BCUT2D eigenvalue weighted by atomic mass is 14.8. The molecule has 0 unspecified atom stereocenters. The molecule has 0 radical (unpaired) electrons. The normalized spacial score (nSPS) is 10.3. The molecule has 0 saturated carbocycles. The molecule has 0 atom stereocenters. The van der Waals surface area contributed by atoms with Gasteiger partial charge >= 0.3 is 0 Å². The lowest BCUT2D eigenvalue weighted by Crippen LogP contribution is -1.98. The van der Waals surface area contributed by atoms with Gasteiger partial charge in [-0.1, -0.05) is 54.6 Å². The number of fused-ring (bicyclic) bond motifs is 1. The molecular weight excluding hydrogens is 234 g/mol. The highest BCUT2D eigenvalue weighted by Crippen LogP contribution is 2.31. The van der Waals surface area contributed by atoms with Crippen LogP contribution in [0.25, 0.3) is 22.0 Å². The highest BCUT2D eigenvalue weighted by Gasteiger charge is 2.12. The second kappa shape index (κ2) is 4.43. The van der Waals surface area contributed by atoms with Gasteiger partial charge in [-0.05, 0) is 0 Å². The lowest BCUT2D eigenvalue weighted by atomic mass is 10.0. The van der Waals surface area contributed by atoms with Gasteiger partial charge < -0.3 is 5.73 Å². The third-order valence-electron chi connectivity index (χ3n) is 3.10. The fraction of sp³-hybridized carbons (Fsp3) is 0. The number of aromatic nitrogens is 1. The van der Waals surface area contributed by atoms with Gasteiger partial charge in [0.05, 0.1) is 11.4 Å². The topological polar surface area (TPSA) is 62.7 Å². The third kappa shape index (κ3) is 1.80. The summed E-state index contributed by atoms with van der Waals surface area (Å²) < 4.78 is 0. The Balaban J connectivity index is 2.39. The number of rotatable bonds is 1. The van der Waals surface area contributed by atoms with Crippen LogP contribution in [-0.2, 0) is 0 Å². The molecule has 1 aromatic heterocycles. The SMILES string of the molecule is N#Cc1nc(-c2ccccc2)c(N)c2ccccc12.